The Morgan fingerprint density at radius 3 is 2.48 bits per heavy atom. The average Bonchev–Trinajstić information content (AvgIpc) is 2.73. The highest BCUT2D eigenvalue weighted by molar-refractivity contribution is 8.03. The van der Waals surface area contributed by atoms with Gasteiger partial charge in [0.2, 0.25) is 0 Å². The van der Waals surface area contributed by atoms with Gasteiger partial charge >= 0.3 is 0 Å². The molecule has 1 atom stereocenters. The van der Waals surface area contributed by atoms with Gasteiger partial charge in [-0.05, 0) is 36.1 Å². The van der Waals surface area contributed by atoms with Crippen molar-refractivity contribution in [3.63, 3.8) is 0 Å². The van der Waals surface area contributed by atoms with Gasteiger partial charge in [-0.2, -0.15) is 0 Å². The smallest absolute Gasteiger partial charge is 0.0845 e. The lowest BCUT2D eigenvalue weighted by atomic mass is 9.94. The van der Waals surface area contributed by atoms with E-state index in [1.54, 1.807) is 0 Å². The molecule has 1 aliphatic heterocycles. The van der Waals surface area contributed by atoms with Crippen LogP contribution in [0.25, 0.3) is 0 Å². The van der Waals surface area contributed by atoms with Crippen molar-refractivity contribution in [2.24, 2.45) is 0 Å². The van der Waals surface area contributed by atoms with Gasteiger partial charge in [0.05, 0.1) is 17.4 Å². The second kappa shape index (κ2) is 7.89. The van der Waals surface area contributed by atoms with Crippen LogP contribution >= 0.6 is 11.8 Å². The number of thioether (sulfide) groups is 1. The van der Waals surface area contributed by atoms with Crippen LogP contribution in [0.1, 0.15) is 24.4 Å². The summed E-state index contributed by atoms with van der Waals surface area (Å²) in [6.45, 7) is 8.02. The summed E-state index contributed by atoms with van der Waals surface area (Å²) in [5, 5.41) is 0. The molecular formula is C25H23NS. The van der Waals surface area contributed by atoms with Crippen molar-refractivity contribution in [1.82, 2.24) is 0 Å². The van der Waals surface area contributed by atoms with E-state index in [1.807, 2.05) is 23.9 Å². The maximum absolute atomic E-state index is 4.10. The van der Waals surface area contributed by atoms with Gasteiger partial charge in [0.1, 0.15) is 0 Å². The van der Waals surface area contributed by atoms with Gasteiger partial charge in [-0.1, -0.05) is 97.8 Å². The van der Waals surface area contributed by atoms with Crippen LogP contribution in [0.3, 0.4) is 0 Å². The van der Waals surface area contributed by atoms with Crippen LogP contribution in [-0.4, -0.2) is 0 Å². The molecule has 27 heavy (non-hydrogen) atoms. The molecule has 0 bridgehead atoms. The zero-order valence-electron chi connectivity index (χ0n) is 15.3. The van der Waals surface area contributed by atoms with E-state index in [0.717, 1.165) is 18.4 Å². The summed E-state index contributed by atoms with van der Waals surface area (Å²) in [5.74, 6) is 0. The first kappa shape index (κ1) is 17.7. The molecule has 2 aliphatic rings. The van der Waals surface area contributed by atoms with Crippen LogP contribution in [0, 0.1) is 0 Å². The van der Waals surface area contributed by atoms with Gasteiger partial charge in [-0.25, -0.2) is 0 Å². The number of allylic oxidation sites excluding steroid dienone is 4. The second-order valence-electron chi connectivity index (χ2n) is 6.59. The maximum atomic E-state index is 4.10. The summed E-state index contributed by atoms with van der Waals surface area (Å²) >= 11 is 1.88. The normalized spacial score (nSPS) is 17.2. The van der Waals surface area contributed by atoms with Crippen molar-refractivity contribution in [2.75, 3.05) is 4.90 Å². The first-order valence-corrected chi connectivity index (χ1v) is 10.1. The zero-order valence-corrected chi connectivity index (χ0v) is 16.2. The summed E-state index contributed by atoms with van der Waals surface area (Å²) in [6.07, 6.45) is 12.8. The monoisotopic (exact) mass is 369 g/mol. The number of fused-ring (bicyclic) bond motifs is 2. The highest BCUT2D eigenvalue weighted by Gasteiger charge is 2.33. The Morgan fingerprint density at radius 2 is 1.70 bits per heavy atom. The van der Waals surface area contributed by atoms with Gasteiger partial charge in [0.25, 0.3) is 0 Å². The van der Waals surface area contributed by atoms with E-state index < -0.39 is 0 Å². The third-order valence-electron chi connectivity index (χ3n) is 4.93. The molecule has 1 heterocycles. The number of para-hydroxylation sites is 1. The average molecular weight is 370 g/mol. The Labute approximate surface area is 166 Å². The van der Waals surface area contributed by atoms with Gasteiger partial charge in [-0.15, -0.1) is 0 Å². The van der Waals surface area contributed by atoms with Crippen LogP contribution in [0.4, 0.5) is 5.69 Å². The molecule has 2 aromatic carbocycles. The fraction of sp³-hybridized carbons (Fsp3) is 0.120. The fourth-order valence-corrected chi connectivity index (χ4v) is 4.89. The molecule has 0 spiro atoms. The minimum atomic E-state index is 0.0523. The predicted octanol–water partition coefficient (Wildman–Crippen LogP) is 7.20. The Balaban J connectivity index is 1.96. The van der Waals surface area contributed by atoms with E-state index >= 15 is 0 Å². The SMILES string of the molecule is C=C/C=C(\C=C)C(c1ccccc1)N1C2=CCCC=C2Sc2ccccc21. The molecule has 0 fully saturated rings. The van der Waals surface area contributed by atoms with Crippen molar-refractivity contribution in [3.05, 3.63) is 120 Å². The fourth-order valence-electron chi connectivity index (χ4n) is 3.75. The summed E-state index contributed by atoms with van der Waals surface area (Å²) in [7, 11) is 0. The first-order chi connectivity index (χ1) is 13.3. The number of anilines is 1. The molecule has 4 rings (SSSR count). The van der Waals surface area contributed by atoms with Crippen LogP contribution in [0.2, 0.25) is 0 Å². The lowest BCUT2D eigenvalue weighted by Gasteiger charge is -2.42. The summed E-state index contributed by atoms with van der Waals surface area (Å²) in [4.78, 5) is 5.12. The quantitative estimate of drug-likeness (QED) is 0.513. The van der Waals surface area contributed by atoms with E-state index in [4.69, 9.17) is 0 Å². The van der Waals surface area contributed by atoms with Crippen molar-refractivity contribution in [2.45, 2.75) is 23.8 Å². The lowest BCUT2D eigenvalue weighted by Crippen LogP contribution is -2.32. The molecule has 1 unspecified atom stereocenters. The van der Waals surface area contributed by atoms with Crippen molar-refractivity contribution < 1.29 is 0 Å². The molecule has 0 radical (unpaired) electrons. The Morgan fingerprint density at radius 1 is 0.963 bits per heavy atom. The highest BCUT2D eigenvalue weighted by Crippen LogP contribution is 2.51. The minimum Gasteiger partial charge on any atom is -0.328 e. The largest absolute Gasteiger partial charge is 0.328 e. The number of hydrogen-bond donors (Lipinski definition) is 0. The van der Waals surface area contributed by atoms with E-state index in [9.17, 15) is 0 Å². The van der Waals surface area contributed by atoms with Crippen LogP contribution in [-0.2, 0) is 0 Å². The standard InChI is InChI=1S/C25H23NS/c1-3-12-19(4-2)25(20-13-6-5-7-14-20)26-21-15-8-10-17-23(21)27-24-18-11-9-16-22(24)26/h3-8,10,12-18,25H,1-2,9,11H2/b19-12+. The zero-order chi connectivity index (χ0) is 18.6. The van der Waals surface area contributed by atoms with Crippen LogP contribution < -0.4 is 4.90 Å². The minimum absolute atomic E-state index is 0.0523. The van der Waals surface area contributed by atoms with E-state index in [-0.39, 0.29) is 6.04 Å². The summed E-state index contributed by atoms with van der Waals surface area (Å²) < 4.78 is 0. The van der Waals surface area contributed by atoms with E-state index in [0.29, 0.717) is 0 Å². The molecule has 1 nitrogen and oxygen atoms in total. The molecule has 0 N–H and O–H groups in total. The maximum Gasteiger partial charge on any atom is 0.0845 e. The number of hydrogen-bond acceptors (Lipinski definition) is 2. The third kappa shape index (κ3) is 3.33. The Kier molecular flexibility index (Phi) is 5.17. The topological polar surface area (TPSA) is 3.24 Å². The number of nitrogens with zero attached hydrogens (tertiary/aromatic N) is 1. The molecule has 134 valence electrons. The lowest BCUT2D eigenvalue weighted by molar-refractivity contribution is 0.768. The third-order valence-corrected chi connectivity index (χ3v) is 6.09. The van der Waals surface area contributed by atoms with Crippen molar-refractivity contribution in [1.29, 1.82) is 0 Å². The first-order valence-electron chi connectivity index (χ1n) is 9.30. The molecule has 0 saturated heterocycles. The van der Waals surface area contributed by atoms with Gasteiger partial charge < -0.3 is 4.90 Å². The Bertz CT molecular complexity index is 949. The molecule has 0 aromatic heterocycles. The van der Waals surface area contributed by atoms with E-state index in [1.165, 1.54) is 26.7 Å². The van der Waals surface area contributed by atoms with Gasteiger partial charge in [-0.3, -0.25) is 0 Å². The summed E-state index contributed by atoms with van der Waals surface area (Å²) in [6, 6.07) is 19.4. The molecule has 0 amide bonds. The van der Waals surface area contributed by atoms with E-state index in [2.05, 4.69) is 90.9 Å². The number of benzene rings is 2. The van der Waals surface area contributed by atoms with Gasteiger partial charge in [0, 0.05) is 9.80 Å². The summed E-state index contributed by atoms with van der Waals surface area (Å²) in [5.41, 5.74) is 4.94. The molecule has 2 heteroatoms. The van der Waals surface area contributed by atoms with Crippen molar-refractivity contribution in [3.8, 4) is 0 Å². The molecule has 0 saturated carbocycles. The highest BCUT2D eigenvalue weighted by atomic mass is 32.2. The molecule has 2 aromatic rings. The molecular weight excluding hydrogens is 346 g/mol. The molecule has 1 aliphatic carbocycles. The van der Waals surface area contributed by atoms with Crippen molar-refractivity contribution >= 4 is 17.4 Å². The number of rotatable bonds is 5. The second-order valence-corrected chi connectivity index (χ2v) is 7.68. The van der Waals surface area contributed by atoms with Gasteiger partial charge in [0.15, 0.2) is 0 Å². The van der Waals surface area contributed by atoms with Crippen LogP contribution in [0.5, 0.6) is 0 Å². The Hall–Kier alpha value is -2.71. The van der Waals surface area contributed by atoms with Crippen LogP contribution in [0.15, 0.2) is 119 Å². The predicted molar refractivity (Wildman–Crippen MR) is 118 cm³/mol.